The highest BCUT2D eigenvalue weighted by Crippen LogP contribution is 2.28. The third-order valence-corrected chi connectivity index (χ3v) is 3.58. The molecular weight excluding hydrogens is 210 g/mol. The van der Waals surface area contributed by atoms with Crippen LogP contribution < -0.4 is 4.74 Å². The van der Waals surface area contributed by atoms with E-state index in [1.807, 2.05) is 0 Å². The van der Waals surface area contributed by atoms with E-state index in [4.69, 9.17) is 4.74 Å². The first-order valence-corrected chi connectivity index (χ1v) is 6.83. The fourth-order valence-electron chi connectivity index (χ4n) is 2.08. The predicted octanol–water partition coefficient (Wildman–Crippen LogP) is 3.95. The van der Waals surface area contributed by atoms with E-state index in [2.05, 4.69) is 37.9 Å². The van der Waals surface area contributed by atoms with Crippen molar-refractivity contribution in [3.63, 3.8) is 0 Å². The van der Waals surface area contributed by atoms with Gasteiger partial charge in [0.1, 0.15) is 5.75 Å². The van der Waals surface area contributed by atoms with Gasteiger partial charge >= 0.3 is 0 Å². The number of aromatic nitrogens is 1. The fourth-order valence-corrected chi connectivity index (χ4v) is 2.08. The molecule has 0 atom stereocenters. The van der Waals surface area contributed by atoms with E-state index in [1.165, 1.54) is 19.3 Å². The van der Waals surface area contributed by atoms with Gasteiger partial charge in [0, 0.05) is 5.69 Å². The van der Waals surface area contributed by atoms with Crippen LogP contribution in [-0.4, -0.2) is 11.6 Å². The van der Waals surface area contributed by atoms with Gasteiger partial charge in [-0.1, -0.05) is 27.2 Å². The number of hydrogen-bond acceptors (Lipinski definition) is 2. The molecule has 0 unspecified atom stereocenters. The van der Waals surface area contributed by atoms with Gasteiger partial charge in [0.25, 0.3) is 0 Å². The van der Waals surface area contributed by atoms with Gasteiger partial charge in [-0.15, -0.1) is 0 Å². The molecule has 17 heavy (non-hydrogen) atoms. The summed E-state index contributed by atoms with van der Waals surface area (Å²) in [5.74, 6) is 2.26. The van der Waals surface area contributed by atoms with Crippen molar-refractivity contribution in [2.75, 3.05) is 6.61 Å². The zero-order valence-corrected chi connectivity index (χ0v) is 11.2. The van der Waals surface area contributed by atoms with E-state index < -0.39 is 0 Å². The molecule has 1 fully saturated rings. The summed E-state index contributed by atoms with van der Waals surface area (Å²) in [6, 6.07) is 4.19. The van der Waals surface area contributed by atoms with Crippen molar-refractivity contribution in [3.8, 4) is 5.75 Å². The Morgan fingerprint density at radius 3 is 2.65 bits per heavy atom. The summed E-state index contributed by atoms with van der Waals surface area (Å²) < 4.78 is 5.90. The Balaban J connectivity index is 2.04. The summed E-state index contributed by atoms with van der Waals surface area (Å²) in [6.07, 6.45) is 4.98. The first-order valence-electron chi connectivity index (χ1n) is 6.83. The Bertz CT molecular complexity index is 369. The molecule has 1 aromatic rings. The van der Waals surface area contributed by atoms with Crippen LogP contribution in [0.5, 0.6) is 5.75 Å². The van der Waals surface area contributed by atoms with Crippen LogP contribution in [0, 0.1) is 5.92 Å². The summed E-state index contributed by atoms with van der Waals surface area (Å²) in [5, 5.41) is 0. The van der Waals surface area contributed by atoms with Crippen LogP contribution in [0.25, 0.3) is 0 Å². The predicted molar refractivity (Wildman–Crippen MR) is 70.5 cm³/mol. The second-order valence-corrected chi connectivity index (χ2v) is 5.30. The standard InChI is InChI=1S/C15H23NO/c1-4-13-15(17-10-12-6-5-7-12)9-8-14(16-13)11(2)3/h8-9,11-12H,4-7,10H2,1-3H3. The molecule has 1 aliphatic carbocycles. The number of pyridine rings is 1. The molecule has 1 heterocycles. The van der Waals surface area contributed by atoms with Gasteiger partial charge in [-0.05, 0) is 43.2 Å². The zero-order chi connectivity index (χ0) is 12.3. The Hall–Kier alpha value is -1.05. The quantitative estimate of drug-likeness (QED) is 0.768. The van der Waals surface area contributed by atoms with E-state index in [1.54, 1.807) is 0 Å². The Labute approximate surface area is 104 Å². The van der Waals surface area contributed by atoms with Crippen molar-refractivity contribution < 1.29 is 4.74 Å². The monoisotopic (exact) mass is 233 g/mol. The topological polar surface area (TPSA) is 22.1 Å². The molecule has 94 valence electrons. The van der Waals surface area contributed by atoms with Crippen molar-refractivity contribution in [3.05, 3.63) is 23.5 Å². The molecule has 1 aliphatic rings. The van der Waals surface area contributed by atoms with E-state index in [9.17, 15) is 0 Å². The second-order valence-electron chi connectivity index (χ2n) is 5.30. The molecule has 2 rings (SSSR count). The van der Waals surface area contributed by atoms with E-state index in [0.29, 0.717) is 5.92 Å². The Kier molecular flexibility index (Phi) is 4.03. The number of ether oxygens (including phenoxy) is 1. The van der Waals surface area contributed by atoms with Gasteiger partial charge in [-0.2, -0.15) is 0 Å². The number of hydrogen-bond donors (Lipinski definition) is 0. The third-order valence-electron chi connectivity index (χ3n) is 3.58. The average molecular weight is 233 g/mol. The minimum atomic E-state index is 0.487. The Morgan fingerprint density at radius 1 is 1.35 bits per heavy atom. The van der Waals surface area contributed by atoms with Crippen LogP contribution in [0.2, 0.25) is 0 Å². The maximum Gasteiger partial charge on any atom is 0.140 e. The lowest BCUT2D eigenvalue weighted by atomic mass is 9.86. The molecule has 0 N–H and O–H groups in total. The molecule has 2 heteroatoms. The third kappa shape index (κ3) is 2.99. The normalized spacial score (nSPS) is 16.0. The molecule has 0 aromatic carbocycles. The molecule has 0 amide bonds. The van der Waals surface area contributed by atoms with Crippen LogP contribution in [0.4, 0.5) is 0 Å². The van der Waals surface area contributed by atoms with Crippen molar-refractivity contribution in [2.45, 2.75) is 52.4 Å². The smallest absolute Gasteiger partial charge is 0.140 e. The summed E-state index contributed by atoms with van der Waals surface area (Å²) in [7, 11) is 0. The van der Waals surface area contributed by atoms with Crippen molar-refractivity contribution >= 4 is 0 Å². The lowest BCUT2D eigenvalue weighted by Crippen LogP contribution is -2.19. The fraction of sp³-hybridized carbons (Fsp3) is 0.667. The first kappa shape index (κ1) is 12.4. The average Bonchev–Trinajstić information content (AvgIpc) is 2.27. The second kappa shape index (κ2) is 5.52. The van der Waals surface area contributed by atoms with Gasteiger partial charge in [-0.3, -0.25) is 4.98 Å². The highest BCUT2D eigenvalue weighted by Gasteiger charge is 2.18. The SMILES string of the molecule is CCc1nc(C(C)C)ccc1OCC1CCC1. The highest BCUT2D eigenvalue weighted by atomic mass is 16.5. The summed E-state index contributed by atoms with van der Waals surface area (Å²) in [4.78, 5) is 4.69. The van der Waals surface area contributed by atoms with Crippen LogP contribution in [-0.2, 0) is 6.42 Å². The zero-order valence-electron chi connectivity index (χ0n) is 11.2. The number of aryl methyl sites for hydroxylation is 1. The van der Waals surface area contributed by atoms with E-state index in [0.717, 1.165) is 36.1 Å². The van der Waals surface area contributed by atoms with Crippen LogP contribution in [0.3, 0.4) is 0 Å². The molecule has 1 aromatic heterocycles. The molecular formula is C15H23NO. The molecule has 2 nitrogen and oxygen atoms in total. The van der Waals surface area contributed by atoms with Gasteiger partial charge in [-0.25, -0.2) is 0 Å². The maximum atomic E-state index is 5.90. The molecule has 0 radical (unpaired) electrons. The lowest BCUT2D eigenvalue weighted by molar-refractivity contribution is 0.179. The highest BCUT2D eigenvalue weighted by molar-refractivity contribution is 5.30. The van der Waals surface area contributed by atoms with Crippen LogP contribution >= 0.6 is 0 Å². The molecule has 0 aliphatic heterocycles. The maximum absolute atomic E-state index is 5.90. The van der Waals surface area contributed by atoms with Crippen molar-refractivity contribution in [2.24, 2.45) is 5.92 Å². The number of nitrogens with zero attached hydrogens (tertiary/aromatic N) is 1. The van der Waals surface area contributed by atoms with Crippen molar-refractivity contribution in [1.82, 2.24) is 4.98 Å². The molecule has 0 saturated heterocycles. The first-order chi connectivity index (χ1) is 8.20. The lowest BCUT2D eigenvalue weighted by Gasteiger charge is -2.25. The van der Waals surface area contributed by atoms with Gasteiger partial charge in [0.15, 0.2) is 0 Å². The van der Waals surface area contributed by atoms with E-state index >= 15 is 0 Å². The van der Waals surface area contributed by atoms with Gasteiger partial charge in [0.05, 0.1) is 12.3 Å². The van der Waals surface area contributed by atoms with Gasteiger partial charge < -0.3 is 4.74 Å². The summed E-state index contributed by atoms with van der Waals surface area (Å²) in [5.41, 5.74) is 2.27. The van der Waals surface area contributed by atoms with E-state index in [-0.39, 0.29) is 0 Å². The molecule has 0 spiro atoms. The summed E-state index contributed by atoms with van der Waals surface area (Å²) >= 11 is 0. The van der Waals surface area contributed by atoms with Crippen molar-refractivity contribution in [1.29, 1.82) is 0 Å². The van der Waals surface area contributed by atoms with Gasteiger partial charge in [0.2, 0.25) is 0 Å². The molecule has 1 saturated carbocycles. The largest absolute Gasteiger partial charge is 0.491 e. The number of rotatable bonds is 5. The van der Waals surface area contributed by atoms with Crippen LogP contribution in [0.15, 0.2) is 12.1 Å². The van der Waals surface area contributed by atoms with Crippen LogP contribution in [0.1, 0.15) is 57.3 Å². The minimum Gasteiger partial charge on any atom is -0.491 e. The minimum absolute atomic E-state index is 0.487. The summed E-state index contributed by atoms with van der Waals surface area (Å²) in [6.45, 7) is 7.37. The molecule has 0 bridgehead atoms. The Morgan fingerprint density at radius 2 is 2.12 bits per heavy atom.